The Hall–Kier alpha value is -3.94. The molecule has 160 valence electrons. The molecule has 0 radical (unpaired) electrons. The predicted molar refractivity (Wildman–Crippen MR) is 116 cm³/mol. The highest BCUT2D eigenvalue weighted by Gasteiger charge is 2.12. The average Bonchev–Trinajstić information content (AvgIpc) is 2.75. The molecule has 2 amide bonds. The number of benzene rings is 3. The summed E-state index contributed by atoms with van der Waals surface area (Å²) in [6.07, 6.45) is 0.352. The van der Waals surface area contributed by atoms with Gasteiger partial charge in [-0.25, -0.2) is 0 Å². The normalized spacial score (nSPS) is 10.5. The molecule has 0 fully saturated rings. The van der Waals surface area contributed by atoms with Gasteiger partial charge in [-0.2, -0.15) is 8.78 Å². The summed E-state index contributed by atoms with van der Waals surface area (Å²) in [5.41, 5.74) is 2.65. The summed E-state index contributed by atoms with van der Waals surface area (Å²) < 4.78 is 28.9. The van der Waals surface area contributed by atoms with Crippen LogP contribution in [-0.2, 0) is 4.79 Å². The van der Waals surface area contributed by atoms with Gasteiger partial charge in [-0.3, -0.25) is 9.59 Å². The number of para-hydroxylation sites is 1. The van der Waals surface area contributed by atoms with Crippen LogP contribution in [0.2, 0.25) is 0 Å². The fourth-order valence-electron chi connectivity index (χ4n) is 2.79. The van der Waals surface area contributed by atoms with Gasteiger partial charge >= 0.3 is 6.61 Å². The quantitative estimate of drug-likeness (QED) is 0.437. The van der Waals surface area contributed by atoms with Crippen molar-refractivity contribution in [2.24, 2.45) is 0 Å². The number of amides is 2. The van der Waals surface area contributed by atoms with Gasteiger partial charge < -0.3 is 20.7 Å². The molecule has 0 aromatic heterocycles. The number of nitrogens with one attached hydrogen (secondary N) is 3. The van der Waals surface area contributed by atoms with Crippen LogP contribution in [0.5, 0.6) is 5.75 Å². The maximum atomic E-state index is 12.8. The molecule has 0 spiro atoms. The van der Waals surface area contributed by atoms with E-state index < -0.39 is 6.61 Å². The van der Waals surface area contributed by atoms with E-state index in [2.05, 4.69) is 20.7 Å². The fraction of sp³-hybridized carbons (Fsp3) is 0.130. The van der Waals surface area contributed by atoms with Crippen LogP contribution in [0.1, 0.15) is 23.7 Å². The first-order valence-corrected chi connectivity index (χ1v) is 9.57. The van der Waals surface area contributed by atoms with Crippen molar-refractivity contribution in [2.45, 2.75) is 20.0 Å². The van der Waals surface area contributed by atoms with Crippen LogP contribution in [0.3, 0.4) is 0 Å². The fourth-order valence-corrected chi connectivity index (χ4v) is 2.79. The maximum absolute atomic E-state index is 12.8. The van der Waals surface area contributed by atoms with Crippen molar-refractivity contribution in [1.29, 1.82) is 0 Å². The summed E-state index contributed by atoms with van der Waals surface area (Å²) in [5, 5.41) is 8.66. The Balaban J connectivity index is 1.73. The minimum atomic E-state index is -2.89. The lowest BCUT2D eigenvalue weighted by Gasteiger charge is -2.13. The van der Waals surface area contributed by atoms with Gasteiger partial charge in [0.1, 0.15) is 5.75 Å². The zero-order valence-corrected chi connectivity index (χ0v) is 16.7. The van der Waals surface area contributed by atoms with Crippen molar-refractivity contribution >= 4 is 34.6 Å². The Kier molecular flexibility index (Phi) is 7.16. The Labute approximate surface area is 178 Å². The lowest BCUT2D eigenvalue weighted by molar-refractivity contribution is -0.115. The Morgan fingerprint density at radius 1 is 0.871 bits per heavy atom. The van der Waals surface area contributed by atoms with E-state index in [4.69, 9.17) is 0 Å². The summed E-state index contributed by atoms with van der Waals surface area (Å²) in [6, 6.07) is 19.7. The van der Waals surface area contributed by atoms with E-state index in [1.165, 1.54) is 12.1 Å². The topological polar surface area (TPSA) is 79.5 Å². The van der Waals surface area contributed by atoms with Gasteiger partial charge in [-0.1, -0.05) is 25.1 Å². The molecular weight excluding hydrogens is 404 g/mol. The molecular formula is C23H21F2N3O3. The monoisotopic (exact) mass is 425 g/mol. The molecule has 0 aliphatic carbocycles. The zero-order valence-electron chi connectivity index (χ0n) is 16.7. The van der Waals surface area contributed by atoms with Crippen molar-refractivity contribution < 1.29 is 23.1 Å². The molecule has 3 aromatic carbocycles. The van der Waals surface area contributed by atoms with Crippen molar-refractivity contribution in [3.63, 3.8) is 0 Å². The molecule has 0 saturated carbocycles. The lowest BCUT2D eigenvalue weighted by Crippen LogP contribution is -2.14. The number of anilines is 4. The van der Waals surface area contributed by atoms with Gasteiger partial charge in [0.15, 0.2) is 0 Å². The number of rotatable bonds is 8. The minimum absolute atomic E-state index is 0.0432. The molecule has 3 aromatic rings. The van der Waals surface area contributed by atoms with Crippen molar-refractivity contribution in [1.82, 2.24) is 0 Å². The second kappa shape index (κ2) is 10.2. The van der Waals surface area contributed by atoms with E-state index >= 15 is 0 Å². The third-order valence-corrected chi connectivity index (χ3v) is 4.26. The minimum Gasteiger partial charge on any atom is -0.435 e. The van der Waals surface area contributed by atoms with E-state index in [0.29, 0.717) is 34.7 Å². The second-order valence-corrected chi connectivity index (χ2v) is 6.51. The number of ether oxygens (including phenoxy) is 1. The van der Waals surface area contributed by atoms with Crippen molar-refractivity contribution in [3.05, 3.63) is 78.4 Å². The van der Waals surface area contributed by atoms with Crippen molar-refractivity contribution in [2.75, 3.05) is 16.0 Å². The molecule has 0 atom stereocenters. The van der Waals surface area contributed by atoms with Crippen LogP contribution in [0, 0.1) is 0 Å². The lowest BCUT2D eigenvalue weighted by atomic mass is 10.1. The smallest absolute Gasteiger partial charge is 0.387 e. The average molecular weight is 425 g/mol. The first-order chi connectivity index (χ1) is 14.9. The van der Waals surface area contributed by atoms with Crippen molar-refractivity contribution in [3.8, 4) is 5.75 Å². The Morgan fingerprint density at radius 2 is 1.55 bits per heavy atom. The molecule has 0 unspecified atom stereocenters. The molecule has 0 bridgehead atoms. The van der Waals surface area contributed by atoms with Crippen LogP contribution in [0.15, 0.2) is 72.8 Å². The number of alkyl halides is 2. The van der Waals surface area contributed by atoms with Gasteiger partial charge in [0.2, 0.25) is 5.91 Å². The van der Waals surface area contributed by atoms with E-state index in [1.807, 2.05) is 0 Å². The number of hydrogen-bond donors (Lipinski definition) is 3. The largest absolute Gasteiger partial charge is 0.435 e. The molecule has 0 heterocycles. The Morgan fingerprint density at radius 3 is 2.23 bits per heavy atom. The molecule has 0 aliphatic heterocycles. The van der Waals surface area contributed by atoms with Gasteiger partial charge in [-0.15, -0.1) is 0 Å². The highest BCUT2D eigenvalue weighted by atomic mass is 19.3. The molecule has 3 N–H and O–H groups in total. The Bertz CT molecular complexity index is 1060. The summed E-state index contributed by atoms with van der Waals surface area (Å²) in [4.78, 5) is 24.4. The number of hydrogen-bond acceptors (Lipinski definition) is 4. The van der Waals surface area contributed by atoms with Crippen LogP contribution in [-0.4, -0.2) is 18.4 Å². The zero-order chi connectivity index (χ0) is 22.2. The van der Waals surface area contributed by atoms with Crippen LogP contribution >= 0.6 is 0 Å². The first kappa shape index (κ1) is 21.8. The molecule has 0 saturated heterocycles. The number of carbonyl (C=O) groups excluding carboxylic acids is 2. The van der Waals surface area contributed by atoms with Gasteiger partial charge in [0.05, 0.1) is 11.3 Å². The van der Waals surface area contributed by atoms with Gasteiger partial charge in [0.25, 0.3) is 5.91 Å². The summed E-state index contributed by atoms with van der Waals surface area (Å²) in [5.74, 6) is -0.427. The molecule has 8 heteroatoms. The highest BCUT2D eigenvalue weighted by molar-refractivity contribution is 6.08. The third kappa shape index (κ3) is 6.27. The van der Waals surface area contributed by atoms with E-state index in [0.717, 1.165) is 0 Å². The van der Waals surface area contributed by atoms with Crippen LogP contribution in [0.25, 0.3) is 0 Å². The van der Waals surface area contributed by atoms with Crippen LogP contribution in [0.4, 0.5) is 31.5 Å². The number of carbonyl (C=O) groups is 2. The molecule has 6 nitrogen and oxygen atoms in total. The highest BCUT2D eigenvalue weighted by Crippen LogP contribution is 2.25. The molecule has 31 heavy (non-hydrogen) atoms. The SMILES string of the molecule is CCC(=O)Nc1cccc(NC(=O)c2ccccc2Nc2ccc(OC(F)F)cc2)c1. The summed E-state index contributed by atoms with van der Waals surface area (Å²) in [7, 11) is 0. The number of halogens is 2. The standard InChI is InChI=1S/C23H21F2N3O3/c1-2-21(29)27-16-6-5-7-17(14-16)28-22(30)19-8-3-4-9-20(19)26-15-10-12-18(13-11-15)31-23(24)25/h3-14,23,26H,2H2,1H3,(H,27,29)(H,28,30). The van der Waals surface area contributed by atoms with Gasteiger partial charge in [0, 0.05) is 23.5 Å². The maximum Gasteiger partial charge on any atom is 0.387 e. The summed E-state index contributed by atoms with van der Waals surface area (Å²) in [6.45, 7) is -1.14. The van der Waals surface area contributed by atoms with Gasteiger partial charge in [-0.05, 0) is 54.6 Å². The van der Waals surface area contributed by atoms with Crippen LogP contribution < -0.4 is 20.7 Å². The first-order valence-electron chi connectivity index (χ1n) is 9.57. The third-order valence-electron chi connectivity index (χ3n) is 4.26. The molecule has 0 aliphatic rings. The summed E-state index contributed by atoms with van der Waals surface area (Å²) >= 11 is 0. The van der Waals surface area contributed by atoms with E-state index in [1.54, 1.807) is 67.6 Å². The van der Waals surface area contributed by atoms with E-state index in [-0.39, 0.29) is 17.6 Å². The molecule has 3 rings (SSSR count). The second-order valence-electron chi connectivity index (χ2n) is 6.51. The van der Waals surface area contributed by atoms with E-state index in [9.17, 15) is 18.4 Å². The predicted octanol–water partition coefficient (Wildman–Crippen LogP) is 5.63.